The van der Waals surface area contributed by atoms with Gasteiger partial charge in [0.1, 0.15) is 0 Å². The predicted octanol–water partition coefficient (Wildman–Crippen LogP) is 6.89. The molecule has 0 N–H and O–H groups in total. The first-order valence-corrected chi connectivity index (χ1v) is 12.5. The fourth-order valence-corrected chi connectivity index (χ4v) is 5.91. The molecule has 0 spiro atoms. The van der Waals surface area contributed by atoms with E-state index in [4.69, 9.17) is 12.2 Å². The van der Waals surface area contributed by atoms with Gasteiger partial charge in [0.2, 0.25) is 0 Å². The van der Waals surface area contributed by atoms with Crippen molar-refractivity contribution >= 4 is 56.9 Å². The first kappa shape index (κ1) is 23.1. The third kappa shape index (κ3) is 4.07. The van der Waals surface area contributed by atoms with Crippen molar-refractivity contribution in [1.82, 2.24) is 4.57 Å². The van der Waals surface area contributed by atoms with Crippen molar-refractivity contribution in [3.63, 3.8) is 0 Å². The summed E-state index contributed by atoms with van der Waals surface area (Å²) < 4.78 is 2.75. The van der Waals surface area contributed by atoms with Gasteiger partial charge in [0.05, 0.1) is 22.2 Å². The number of aryl methyl sites for hydroxylation is 2. The number of benzene rings is 3. The molecule has 1 aliphatic rings. The van der Waals surface area contributed by atoms with Crippen molar-refractivity contribution in [2.45, 2.75) is 27.3 Å². The number of carbonyl (C=O) groups is 1. The van der Waals surface area contributed by atoms with E-state index in [0.29, 0.717) is 21.3 Å². The normalized spacial score (nSPS) is 14.8. The van der Waals surface area contributed by atoms with Gasteiger partial charge in [-0.3, -0.25) is 9.69 Å². The number of nitrogens with zero attached hydrogens (tertiary/aromatic N) is 3. The minimum absolute atomic E-state index is 0.0991. The molecule has 1 aliphatic heterocycles. The van der Waals surface area contributed by atoms with Gasteiger partial charge < -0.3 is 4.57 Å². The second kappa shape index (κ2) is 9.18. The molecule has 5 rings (SSSR count). The number of rotatable bonds is 4. The Bertz CT molecular complexity index is 1590. The fourth-order valence-electron chi connectivity index (χ4n) is 4.64. The molecule has 0 unspecified atom stereocenters. The Balaban J connectivity index is 1.59. The van der Waals surface area contributed by atoms with E-state index in [0.717, 1.165) is 44.5 Å². The van der Waals surface area contributed by atoms with Crippen molar-refractivity contribution in [3.05, 3.63) is 105 Å². The van der Waals surface area contributed by atoms with E-state index in [1.54, 1.807) is 4.90 Å². The number of thiocarbonyl (C=S) groups is 1. The highest BCUT2D eigenvalue weighted by Gasteiger charge is 2.34. The van der Waals surface area contributed by atoms with Gasteiger partial charge in [0.15, 0.2) is 4.32 Å². The molecular weight excluding hydrogens is 470 g/mol. The predicted molar refractivity (Wildman–Crippen MR) is 149 cm³/mol. The molecule has 172 valence electrons. The van der Waals surface area contributed by atoms with E-state index in [2.05, 4.69) is 35.8 Å². The van der Waals surface area contributed by atoms with E-state index in [1.165, 1.54) is 11.8 Å². The molecule has 1 fully saturated rings. The molecule has 0 atom stereocenters. The maximum Gasteiger partial charge on any atom is 0.270 e. The Labute approximate surface area is 214 Å². The van der Waals surface area contributed by atoms with Crippen LogP contribution in [0.5, 0.6) is 0 Å². The molecule has 35 heavy (non-hydrogen) atoms. The molecule has 6 heteroatoms. The molecule has 4 nitrogen and oxygen atoms in total. The molecule has 1 saturated heterocycles. The van der Waals surface area contributed by atoms with E-state index in [-0.39, 0.29) is 5.91 Å². The standard InChI is InChI=1S/C29H23N3OS2/c1-18-12-13-25(19(2)14-18)32-28(33)27(35-29(32)34)15-24-20(3)31(26-11-7-6-10-23(24)26)17-22-9-5-4-8-21(22)16-30/h4-15H,17H2,1-3H3/b27-15+. The van der Waals surface area contributed by atoms with Gasteiger partial charge in [-0.1, -0.05) is 78.1 Å². The third-order valence-corrected chi connectivity index (χ3v) is 7.71. The highest BCUT2D eigenvalue weighted by Crippen LogP contribution is 2.39. The molecular formula is C29H23N3OS2. The average Bonchev–Trinajstić information content (AvgIpc) is 3.27. The SMILES string of the molecule is Cc1ccc(N2C(=O)/C(=C\c3c(C)n(Cc4ccccc4C#N)c4ccccc34)SC2=S)c(C)c1. The number of carbonyl (C=O) groups excluding carboxylic acids is 1. The molecule has 0 aliphatic carbocycles. The summed E-state index contributed by atoms with van der Waals surface area (Å²) in [6, 6.07) is 24.2. The maximum absolute atomic E-state index is 13.5. The minimum atomic E-state index is -0.0991. The summed E-state index contributed by atoms with van der Waals surface area (Å²) in [5, 5.41) is 10.6. The van der Waals surface area contributed by atoms with Gasteiger partial charge >= 0.3 is 0 Å². The van der Waals surface area contributed by atoms with Crippen LogP contribution in [0, 0.1) is 32.1 Å². The maximum atomic E-state index is 13.5. The molecule has 2 heterocycles. The number of amides is 1. The number of fused-ring (bicyclic) bond motifs is 1. The highest BCUT2D eigenvalue weighted by atomic mass is 32.2. The van der Waals surface area contributed by atoms with E-state index in [9.17, 15) is 10.1 Å². The molecule has 1 amide bonds. The van der Waals surface area contributed by atoms with Crippen LogP contribution in [-0.4, -0.2) is 14.8 Å². The van der Waals surface area contributed by atoms with Crippen LogP contribution in [0.15, 0.2) is 71.6 Å². The second-order valence-corrected chi connectivity index (χ2v) is 10.4. The van der Waals surface area contributed by atoms with Crippen molar-refractivity contribution in [2.24, 2.45) is 0 Å². The lowest BCUT2D eigenvalue weighted by Gasteiger charge is -2.17. The highest BCUT2D eigenvalue weighted by molar-refractivity contribution is 8.27. The molecule has 0 saturated carbocycles. The number of nitriles is 1. The largest absolute Gasteiger partial charge is 0.340 e. The Kier molecular flexibility index (Phi) is 6.06. The number of hydrogen-bond donors (Lipinski definition) is 0. The topological polar surface area (TPSA) is 49.0 Å². The summed E-state index contributed by atoms with van der Waals surface area (Å²) in [4.78, 5) is 15.7. The number of hydrogen-bond acceptors (Lipinski definition) is 4. The zero-order valence-electron chi connectivity index (χ0n) is 19.7. The zero-order valence-corrected chi connectivity index (χ0v) is 21.3. The van der Waals surface area contributed by atoms with E-state index >= 15 is 0 Å². The van der Waals surface area contributed by atoms with Gasteiger partial charge in [0, 0.05) is 28.7 Å². The van der Waals surface area contributed by atoms with E-state index < -0.39 is 0 Å². The first-order valence-electron chi connectivity index (χ1n) is 11.3. The molecule has 3 aromatic carbocycles. The quantitative estimate of drug-likeness (QED) is 0.229. The van der Waals surface area contributed by atoms with Gasteiger partial charge in [-0.05, 0) is 56.2 Å². The van der Waals surface area contributed by atoms with Crippen LogP contribution in [0.4, 0.5) is 5.69 Å². The lowest BCUT2D eigenvalue weighted by Crippen LogP contribution is -2.28. The molecule has 4 aromatic rings. The summed E-state index contributed by atoms with van der Waals surface area (Å²) in [5.41, 5.74) is 7.72. The van der Waals surface area contributed by atoms with Gasteiger partial charge in [0.25, 0.3) is 5.91 Å². The smallest absolute Gasteiger partial charge is 0.270 e. The monoisotopic (exact) mass is 493 g/mol. The van der Waals surface area contributed by atoms with Crippen LogP contribution in [0.1, 0.15) is 33.5 Å². The summed E-state index contributed by atoms with van der Waals surface area (Å²) in [6.07, 6.45) is 1.97. The Hall–Kier alpha value is -3.66. The first-order chi connectivity index (χ1) is 16.9. The minimum Gasteiger partial charge on any atom is -0.340 e. The average molecular weight is 494 g/mol. The zero-order chi connectivity index (χ0) is 24.7. The van der Waals surface area contributed by atoms with Gasteiger partial charge in [-0.25, -0.2) is 0 Å². The van der Waals surface area contributed by atoms with Crippen LogP contribution in [-0.2, 0) is 11.3 Å². The number of aromatic nitrogens is 1. The van der Waals surface area contributed by atoms with Crippen LogP contribution in [0.25, 0.3) is 17.0 Å². The van der Waals surface area contributed by atoms with Crippen LogP contribution < -0.4 is 4.90 Å². The summed E-state index contributed by atoms with van der Waals surface area (Å²) in [6.45, 7) is 6.68. The lowest BCUT2D eigenvalue weighted by molar-refractivity contribution is -0.113. The Morgan fingerprint density at radius 2 is 1.77 bits per heavy atom. The summed E-state index contributed by atoms with van der Waals surface area (Å²) >= 11 is 6.96. The van der Waals surface area contributed by atoms with Gasteiger partial charge in [-0.15, -0.1) is 0 Å². The second-order valence-electron chi connectivity index (χ2n) is 8.68. The fraction of sp³-hybridized carbons (Fsp3) is 0.138. The number of anilines is 1. The lowest BCUT2D eigenvalue weighted by atomic mass is 10.1. The van der Waals surface area contributed by atoms with Crippen molar-refractivity contribution in [2.75, 3.05) is 4.90 Å². The summed E-state index contributed by atoms with van der Waals surface area (Å²) in [5.74, 6) is -0.0991. The molecule has 1 aromatic heterocycles. The van der Waals surface area contributed by atoms with Crippen molar-refractivity contribution in [3.8, 4) is 6.07 Å². The van der Waals surface area contributed by atoms with Crippen LogP contribution in [0.3, 0.4) is 0 Å². The molecule has 0 radical (unpaired) electrons. The van der Waals surface area contributed by atoms with Crippen molar-refractivity contribution in [1.29, 1.82) is 5.26 Å². The Morgan fingerprint density at radius 3 is 2.54 bits per heavy atom. The summed E-state index contributed by atoms with van der Waals surface area (Å²) in [7, 11) is 0. The third-order valence-electron chi connectivity index (χ3n) is 6.41. The van der Waals surface area contributed by atoms with Crippen LogP contribution >= 0.6 is 24.0 Å². The number of thioether (sulfide) groups is 1. The van der Waals surface area contributed by atoms with E-state index in [1.807, 2.05) is 68.5 Å². The van der Waals surface area contributed by atoms with Crippen molar-refractivity contribution < 1.29 is 4.79 Å². The number of para-hydroxylation sites is 1. The van der Waals surface area contributed by atoms with Gasteiger partial charge in [-0.2, -0.15) is 5.26 Å². The molecule has 0 bridgehead atoms. The Morgan fingerprint density at radius 1 is 1.03 bits per heavy atom. The van der Waals surface area contributed by atoms with Crippen LogP contribution in [0.2, 0.25) is 0 Å².